The molecule has 110 valence electrons. The van der Waals surface area contributed by atoms with Crippen LogP contribution in [0.5, 0.6) is 0 Å². The van der Waals surface area contributed by atoms with Gasteiger partial charge in [0.2, 0.25) is 0 Å². The molecule has 0 aromatic carbocycles. The quantitative estimate of drug-likeness (QED) is 0.785. The normalized spacial score (nSPS) is 12.7. The first-order valence-electron chi connectivity index (χ1n) is 6.95. The predicted octanol–water partition coefficient (Wildman–Crippen LogP) is 2.32. The van der Waals surface area contributed by atoms with E-state index in [4.69, 9.17) is 10.7 Å². The van der Waals surface area contributed by atoms with Crippen molar-refractivity contribution in [1.82, 2.24) is 14.4 Å². The molecule has 0 aliphatic rings. The van der Waals surface area contributed by atoms with E-state index in [1.165, 1.54) is 11.3 Å². The number of nitrogens with two attached hydrogens (primary N) is 1. The zero-order chi connectivity index (χ0) is 14.8. The van der Waals surface area contributed by atoms with E-state index < -0.39 is 0 Å². The summed E-state index contributed by atoms with van der Waals surface area (Å²) in [6, 6.07) is 4.17. The van der Waals surface area contributed by atoms with Gasteiger partial charge in [0.05, 0.1) is 5.69 Å². The van der Waals surface area contributed by atoms with Crippen molar-refractivity contribution in [2.75, 3.05) is 11.9 Å². The molecule has 6 heteroatoms. The number of nitrogens with zero attached hydrogens (tertiary/aromatic N) is 4. The van der Waals surface area contributed by atoms with Gasteiger partial charge < -0.3 is 10.6 Å². The van der Waals surface area contributed by atoms with Gasteiger partial charge in [0.25, 0.3) is 0 Å². The summed E-state index contributed by atoms with van der Waals surface area (Å²) in [5.41, 5.74) is 8.40. The summed E-state index contributed by atoms with van der Waals surface area (Å²) in [7, 11) is 2.07. The van der Waals surface area contributed by atoms with Gasteiger partial charge in [-0.15, -0.1) is 11.3 Å². The molecule has 0 amide bonds. The van der Waals surface area contributed by atoms with Crippen molar-refractivity contribution in [2.24, 2.45) is 5.73 Å². The molecule has 3 rings (SSSR count). The van der Waals surface area contributed by atoms with Gasteiger partial charge in [-0.2, -0.15) is 0 Å². The van der Waals surface area contributed by atoms with E-state index in [2.05, 4.69) is 32.9 Å². The molecule has 0 aliphatic heterocycles. The fourth-order valence-electron chi connectivity index (χ4n) is 2.46. The Hall–Kier alpha value is -1.92. The van der Waals surface area contributed by atoms with Gasteiger partial charge in [-0.05, 0) is 24.6 Å². The highest BCUT2D eigenvalue weighted by Gasteiger charge is 2.17. The van der Waals surface area contributed by atoms with Crippen LogP contribution in [-0.4, -0.2) is 27.5 Å². The average molecular weight is 301 g/mol. The molecule has 0 aliphatic carbocycles. The Kier molecular flexibility index (Phi) is 3.90. The van der Waals surface area contributed by atoms with Gasteiger partial charge in [0.15, 0.2) is 10.8 Å². The Morgan fingerprint density at radius 3 is 2.86 bits per heavy atom. The summed E-state index contributed by atoms with van der Waals surface area (Å²) in [5.74, 6) is 1.01. The maximum absolute atomic E-state index is 6.00. The van der Waals surface area contributed by atoms with Crippen LogP contribution in [0, 0.1) is 0 Å². The Morgan fingerprint density at radius 2 is 2.14 bits per heavy atom. The lowest BCUT2D eigenvalue weighted by Gasteiger charge is -2.19. The number of hydrogen-bond donors (Lipinski definition) is 1. The van der Waals surface area contributed by atoms with E-state index in [0.29, 0.717) is 0 Å². The largest absolute Gasteiger partial charge is 0.354 e. The summed E-state index contributed by atoms with van der Waals surface area (Å²) in [5, 5.41) is 2.06. The third kappa shape index (κ3) is 2.91. The number of aromatic nitrogens is 3. The van der Waals surface area contributed by atoms with Gasteiger partial charge >= 0.3 is 0 Å². The van der Waals surface area contributed by atoms with E-state index in [-0.39, 0.29) is 6.04 Å². The molecule has 0 saturated carbocycles. The van der Waals surface area contributed by atoms with Crippen molar-refractivity contribution in [2.45, 2.75) is 25.9 Å². The Balaban J connectivity index is 1.93. The van der Waals surface area contributed by atoms with E-state index in [0.717, 1.165) is 23.7 Å². The number of thiazole rings is 1. The van der Waals surface area contributed by atoms with E-state index >= 15 is 0 Å². The first kappa shape index (κ1) is 14.0. The highest BCUT2D eigenvalue weighted by Crippen LogP contribution is 2.26. The minimum atomic E-state index is 0.109. The number of imidazole rings is 1. The van der Waals surface area contributed by atoms with Crippen LogP contribution in [0.15, 0.2) is 36.1 Å². The topological polar surface area (TPSA) is 59.5 Å². The van der Waals surface area contributed by atoms with Crippen molar-refractivity contribution in [3.8, 4) is 0 Å². The van der Waals surface area contributed by atoms with Crippen LogP contribution < -0.4 is 10.6 Å². The van der Waals surface area contributed by atoms with E-state index in [1.807, 2.05) is 31.5 Å². The molecule has 2 N–H and O–H groups in total. The summed E-state index contributed by atoms with van der Waals surface area (Å²) in [6.07, 6.45) is 6.51. The summed E-state index contributed by atoms with van der Waals surface area (Å²) < 4.78 is 2.15. The lowest BCUT2D eigenvalue weighted by Crippen LogP contribution is -2.23. The molecule has 5 nitrogen and oxygen atoms in total. The van der Waals surface area contributed by atoms with Crippen molar-refractivity contribution in [1.29, 1.82) is 0 Å². The highest BCUT2D eigenvalue weighted by molar-refractivity contribution is 7.15. The molecule has 0 radical (unpaired) electrons. The Bertz CT molecular complexity index is 716. The molecule has 3 aromatic heterocycles. The standard InChI is InChI=1S/C15H19N5S/c1-11(16)9-13-14(18-15-20(13)7-8-21-15)19(2)10-12-3-5-17-6-4-12/h3-8,11H,9-10,16H2,1-2H3. The molecule has 21 heavy (non-hydrogen) atoms. The van der Waals surface area contributed by atoms with Crippen LogP contribution in [0.25, 0.3) is 4.96 Å². The maximum Gasteiger partial charge on any atom is 0.195 e. The van der Waals surface area contributed by atoms with Gasteiger partial charge in [0.1, 0.15) is 0 Å². The first-order chi connectivity index (χ1) is 10.1. The molecule has 1 atom stereocenters. The van der Waals surface area contributed by atoms with Gasteiger partial charge in [-0.25, -0.2) is 4.98 Å². The fourth-order valence-corrected chi connectivity index (χ4v) is 3.19. The minimum Gasteiger partial charge on any atom is -0.354 e. The van der Waals surface area contributed by atoms with Crippen molar-refractivity contribution >= 4 is 22.1 Å². The van der Waals surface area contributed by atoms with Gasteiger partial charge in [0, 0.05) is 50.0 Å². The molecular weight excluding hydrogens is 282 g/mol. The third-order valence-corrected chi connectivity index (χ3v) is 4.14. The van der Waals surface area contributed by atoms with Gasteiger partial charge in [-0.1, -0.05) is 0 Å². The third-order valence-electron chi connectivity index (χ3n) is 3.39. The van der Waals surface area contributed by atoms with Crippen LogP contribution in [0.4, 0.5) is 5.82 Å². The maximum atomic E-state index is 6.00. The molecule has 3 heterocycles. The molecule has 0 bridgehead atoms. The van der Waals surface area contributed by atoms with E-state index in [9.17, 15) is 0 Å². The lowest BCUT2D eigenvalue weighted by atomic mass is 10.2. The Labute approximate surface area is 128 Å². The minimum absolute atomic E-state index is 0.109. The number of fused-ring (bicyclic) bond motifs is 1. The smallest absolute Gasteiger partial charge is 0.195 e. The van der Waals surface area contributed by atoms with Gasteiger partial charge in [-0.3, -0.25) is 9.38 Å². The number of rotatable bonds is 5. The zero-order valence-electron chi connectivity index (χ0n) is 12.2. The number of hydrogen-bond acceptors (Lipinski definition) is 5. The monoisotopic (exact) mass is 301 g/mol. The first-order valence-corrected chi connectivity index (χ1v) is 7.83. The summed E-state index contributed by atoms with van der Waals surface area (Å²) >= 11 is 1.65. The summed E-state index contributed by atoms with van der Waals surface area (Å²) in [6.45, 7) is 2.83. The van der Waals surface area contributed by atoms with Crippen LogP contribution in [0.2, 0.25) is 0 Å². The molecule has 0 spiro atoms. The number of anilines is 1. The molecule has 1 unspecified atom stereocenters. The lowest BCUT2D eigenvalue weighted by molar-refractivity contribution is 0.713. The van der Waals surface area contributed by atoms with Crippen LogP contribution in [0.3, 0.4) is 0 Å². The second-order valence-electron chi connectivity index (χ2n) is 5.33. The zero-order valence-corrected chi connectivity index (χ0v) is 13.0. The Morgan fingerprint density at radius 1 is 1.38 bits per heavy atom. The van der Waals surface area contributed by atoms with Crippen LogP contribution in [-0.2, 0) is 13.0 Å². The highest BCUT2D eigenvalue weighted by atomic mass is 32.1. The van der Waals surface area contributed by atoms with E-state index in [1.54, 1.807) is 11.3 Å². The SMILES string of the molecule is CC(N)Cc1c(N(C)Cc2ccncc2)nc2sccn12. The molecule has 0 fully saturated rings. The number of pyridine rings is 1. The van der Waals surface area contributed by atoms with Crippen molar-refractivity contribution in [3.63, 3.8) is 0 Å². The average Bonchev–Trinajstić information content (AvgIpc) is 3.02. The van der Waals surface area contributed by atoms with Crippen molar-refractivity contribution in [3.05, 3.63) is 47.4 Å². The fraction of sp³-hybridized carbons (Fsp3) is 0.333. The summed E-state index contributed by atoms with van der Waals surface area (Å²) in [4.78, 5) is 12.0. The molecule has 3 aromatic rings. The van der Waals surface area contributed by atoms with Crippen molar-refractivity contribution < 1.29 is 0 Å². The van der Waals surface area contributed by atoms with Crippen LogP contribution >= 0.6 is 11.3 Å². The van der Waals surface area contributed by atoms with Crippen LogP contribution in [0.1, 0.15) is 18.2 Å². The molecular formula is C15H19N5S. The predicted molar refractivity (Wildman–Crippen MR) is 86.8 cm³/mol. The molecule has 0 saturated heterocycles. The second kappa shape index (κ2) is 5.83. The second-order valence-corrected chi connectivity index (χ2v) is 6.20.